The van der Waals surface area contributed by atoms with Gasteiger partial charge in [0.15, 0.2) is 0 Å². The molecule has 0 aliphatic heterocycles. The van der Waals surface area contributed by atoms with Gasteiger partial charge in [-0.1, -0.05) is 36.4 Å². The van der Waals surface area contributed by atoms with Crippen molar-refractivity contribution in [2.75, 3.05) is 0 Å². The van der Waals surface area contributed by atoms with Gasteiger partial charge in [-0.15, -0.1) is 0 Å². The van der Waals surface area contributed by atoms with Crippen LogP contribution < -0.4 is 0 Å². The lowest BCUT2D eigenvalue weighted by molar-refractivity contribution is 0.161. The van der Waals surface area contributed by atoms with Crippen LogP contribution in [0.25, 0.3) is 21.8 Å². The van der Waals surface area contributed by atoms with Crippen LogP contribution in [-0.2, 0) is 0 Å². The minimum absolute atomic E-state index is 0.759. The van der Waals surface area contributed by atoms with Crippen LogP contribution in [-0.4, -0.2) is 9.67 Å². The van der Waals surface area contributed by atoms with Gasteiger partial charge in [0.25, 0.3) is 0 Å². The zero-order valence-corrected chi connectivity index (χ0v) is 8.80. The maximum Gasteiger partial charge on any atom is 0.131 e. The van der Waals surface area contributed by atoms with Crippen molar-refractivity contribution < 1.29 is 5.11 Å². The van der Waals surface area contributed by atoms with Gasteiger partial charge in [0.1, 0.15) is 6.23 Å². The van der Waals surface area contributed by atoms with Gasteiger partial charge in [0.2, 0.25) is 0 Å². The predicted molar refractivity (Wildman–Crippen MR) is 66.1 cm³/mol. The largest absolute Gasteiger partial charge is 0.373 e. The van der Waals surface area contributed by atoms with Crippen LogP contribution in [0.4, 0.5) is 0 Å². The van der Waals surface area contributed by atoms with Gasteiger partial charge in [-0.05, 0) is 19.1 Å². The van der Waals surface area contributed by atoms with Gasteiger partial charge >= 0.3 is 0 Å². The third-order valence-electron chi connectivity index (χ3n) is 2.92. The second-order valence-corrected chi connectivity index (χ2v) is 3.88. The molecule has 0 fully saturated rings. The average molecular weight is 210 g/mol. The lowest BCUT2D eigenvalue weighted by Crippen LogP contribution is -2.02. The topological polar surface area (TPSA) is 25.2 Å². The number of benzene rings is 2. The Labute approximate surface area is 93.7 Å². The highest BCUT2D eigenvalue weighted by Gasteiger charge is 2.11. The molecule has 3 aromatic rings. The highest BCUT2D eigenvalue weighted by Crippen LogP contribution is 2.30. The number of fused-ring (bicyclic) bond motifs is 3. The van der Waals surface area contributed by atoms with Crippen LogP contribution in [0.1, 0.15) is 6.23 Å². The first-order chi connectivity index (χ1) is 7.79. The summed E-state index contributed by atoms with van der Waals surface area (Å²) in [7, 11) is 0. The fraction of sp³-hybridized carbons (Fsp3) is 0.0714. The smallest absolute Gasteiger partial charge is 0.131 e. The molecule has 1 unspecified atom stereocenters. The van der Waals surface area contributed by atoms with E-state index in [1.54, 1.807) is 0 Å². The summed E-state index contributed by atoms with van der Waals surface area (Å²) in [5.41, 5.74) is 2.04. The number of para-hydroxylation sites is 2. The summed E-state index contributed by atoms with van der Waals surface area (Å²) >= 11 is 0. The third kappa shape index (κ3) is 1.17. The summed E-state index contributed by atoms with van der Waals surface area (Å²) < 4.78 is 1.85. The molecular formula is C14H12NO. The van der Waals surface area contributed by atoms with Crippen molar-refractivity contribution in [3.8, 4) is 0 Å². The van der Waals surface area contributed by atoms with Crippen LogP contribution in [0.3, 0.4) is 0 Å². The predicted octanol–water partition coefficient (Wildman–Crippen LogP) is 3.12. The average Bonchev–Trinajstić information content (AvgIpc) is 2.63. The molecule has 0 spiro atoms. The third-order valence-corrected chi connectivity index (χ3v) is 2.92. The van der Waals surface area contributed by atoms with Crippen LogP contribution in [0, 0.1) is 6.92 Å². The Bertz CT molecular complexity index is 599. The highest BCUT2D eigenvalue weighted by atomic mass is 16.3. The van der Waals surface area contributed by atoms with Crippen LogP contribution in [0.2, 0.25) is 0 Å². The molecule has 2 heteroatoms. The summed E-state index contributed by atoms with van der Waals surface area (Å²) in [6.07, 6.45) is -0.759. The second kappa shape index (κ2) is 3.35. The van der Waals surface area contributed by atoms with E-state index >= 15 is 0 Å². The first-order valence-electron chi connectivity index (χ1n) is 5.28. The fourth-order valence-electron chi connectivity index (χ4n) is 2.27. The maximum absolute atomic E-state index is 9.76. The molecule has 0 aliphatic rings. The van der Waals surface area contributed by atoms with Crippen molar-refractivity contribution in [2.45, 2.75) is 6.23 Å². The summed E-state index contributed by atoms with van der Waals surface area (Å²) in [4.78, 5) is 0. The number of hydrogen-bond acceptors (Lipinski definition) is 1. The lowest BCUT2D eigenvalue weighted by atomic mass is 10.2. The highest BCUT2D eigenvalue weighted by molar-refractivity contribution is 6.08. The Balaban J connectivity index is 2.59. The molecule has 2 nitrogen and oxygen atoms in total. The van der Waals surface area contributed by atoms with Crippen molar-refractivity contribution in [1.82, 2.24) is 4.57 Å². The molecule has 2 aromatic carbocycles. The van der Waals surface area contributed by atoms with Gasteiger partial charge in [-0.3, -0.25) is 0 Å². The summed E-state index contributed by atoms with van der Waals surface area (Å²) in [5.74, 6) is 0. The van der Waals surface area contributed by atoms with E-state index in [1.807, 2.05) is 41.0 Å². The number of hydrogen-bond donors (Lipinski definition) is 1. The van der Waals surface area contributed by atoms with E-state index < -0.39 is 6.23 Å². The molecule has 1 N–H and O–H groups in total. The van der Waals surface area contributed by atoms with E-state index in [0.717, 1.165) is 21.8 Å². The van der Waals surface area contributed by atoms with Crippen molar-refractivity contribution >= 4 is 21.8 Å². The summed E-state index contributed by atoms with van der Waals surface area (Å²) in [5, 5.41) is 12.1. The monoisotopic (exact) mass is 210 g/mol. The van der Waals surface area contributed by atoms with Crippen molar-refractivity contribution in [2.24, 2.45) is 0 Å². The molecule has 0 bridgehead atoms. The van der Waals surface area contributed by atoms with Gasteiger partial charge < -0.3 is 9.67 Å². The van der Waals surface area contributed by atoms with Gasteiger partial charge in [0, 0.05) is 10.8 Å². The van der Waals surface area contributed by atoms with Crippen molar-refractivity contribution in [3.63, 3.8) is 0 Å². The number of nitrogens with zero attached hydrogens (tertiary/aromatic N) is 1. The van der Waals surface area contributed by atoms with Crippen molar-refractivity contribution in [1.29, 1.82) is 0 Å². The minimum Gasteiger partial charge on any atom is -0.373 e. The molecule has 3 rings (SSSR count). The molecule has 1 atom stereocenters. The van der Waals surface area contributed by atoms with E-state index in [2.05, 4.69) is 19.1 Å². The van der Waals surface area contributed by atoms with Crippen LogP contribution in [0.5, 0.6) is 0 Å². The Kier molecular flexibility index (Phi) is 1.98. The van der Waals surface area contributed by atoms with Gasteiger partial charge in [-0.2, -0.15) is 0 Å². The summed E-state index contributed by atoms with van der Waals surface area (Å²) in [6.45, 7) is 3.70. The molecule has 1 aromatic heterocycles. The van der Waals surface area contributed by atoms with E-state index in [1.165, 1.54) is 0 Å². The standard InChI is InChI=1S/C14H12NO/c1-10(16)15-13-8-4-2-6-11(13)12-7-3-5-9-14(12)15/h2-10,16H,1H2. The quantitative estimate of drug-likeness (QED) is 0.656. The Morgan fingerprint density at radius 3 is 1.75 bits per heavy atom. The zero-order valence-electron chi connectivity index (χ0n) is 8.80. The van der Waals surface area contributed by atoms with Gasteiger partial charge in [-0.25, -0.2) is 0 Å². The van der Waals surface area contributed by atoms with Crippen LogP contribution in [0.15, 0.2) is 48.5 Å². The van der Waals surface area contributed by atoms with Crippen LogP contribution >= 0.6 is 0 Å². The van der Waals surface area contributed by atoms with E-state index in [9.17, 15) is 5.11 Å². The molecule has 1 heterocycles. The van der Waals surface area contributed by atoms with Gasteiger partial charge in [0.05, 0.1) is 11.0 Å². The number of aliphatic hydroxyl groups excluding tert-OH is 1. The first-order valence-corrected chi connectivity index (χ1v) is 5.28. The number of aliphatic hydroxyl groups is 1. The number of aromatic nitrogens is 1. The lowest BCUT2D eigenvalue weighted by Gasteiger charge is -2.09. The van der Waals surface area contributed by atoms with E-state index in [0.29, 0.717) is 0 Å². The normalized spacial score (nSPS) is 13.4. The second-order valence-electron chi connectivity index (χ2n) is 3.88. The SMILES string of the molecule is [CH2]C(O)n1c2ccccc2c2ccccc21. The van der Waals surface area contributed by atoms with E-state index in [-0.39, 0.29) is 0 Å². The minimum atomic E-state index is -0.759. The molecule has 0 amide bonds. The maximum atomic E-state index is 9.76. The first kappa shape index (κ1) is 9.43. The Morgan fingerprint density at radius 2 is 1.31 bits per heavy atom. The Morgan fingerprint density at radius 1 is 0.875 bits per heavy atom. The van der Waals surface area contributed by atoms with Crippen molar-refractivity contribution in [3.05, 3.63) is 55.5 Å². The Hall–Kier alpha value is -1.80. The fourth-order valence-corrected chi connectivity index (χ4v) is 2.27. The molecule has 0 saturated carbocycles. The molecule has 0 saturated heterocycles. The van der Waals surface area contributed by atoms with E-state index in [4.69, 9.17) is 0 Å². The molecule has 79 valence electrons. The molecule has 1 radical (unpaired) electrons. The number of rotatable bonds is 1. The summed E-state index contributed by atoms with van der Waals surface area (Å²) in [6, 6.07) is 16.1. The molecule has 16 heavy (non-hydrogen) atoms. The molecular weight excluding hydrogens is 198 g/mol. The zero-order chi connectivity index (χ0) is 11.1. The molecule has 0 aliphatic carbocycles.